The van der Waals surface area contributed by atoms with E-state index >= 15 is 0 Å². The summed E-state index contributed by atoms with van der Waals surface area (Å²) in [6, 6.07) is 9.78. The monoisotopic (exact) mass is 538 g/mol. The smallest absolute Gasteiger partial charge is 0.350 e. The fourth-order valence-corrected chi connectivity index (χ4v) is 7.29. The highest BCUT2D eigenvalue weighted by molar-refractivity contribution is 7.99. The lowest BCUT2D eigenvalue weighted by atomic mass is 9.97. The maximum atomic E-state index is 13.6. The van der Waals surface area contributed by atoms with Crippen LogP contribution in [0, 0.1) is 6.92 Å². The van der Waals surface area contributed by atoms with Crippen LogP contribution in [0.4, 0.5) is 5.82 Å². The number of halogens is 1. The molecular formula is C28H31ClN4O3S. The molecule has 1 saturated heterocycles. The number of amides is 1. The Balaban J connectivity index is 1.73. The van der Waals surface area contributed by atoms with E-state index in [1.54, 1.807) is 18.9 Å². The molecule has 0 radical (unpaired) electrons. The number of hydrogen-bond acceptors (Lipinski definition) is 6. The second-order valence-electron chi connectivity index (χ2n) is 9.86. The minimum atomic E-state index is -0.276. The Morgan fingerprint density at radius 3 is 2.54 bits per heavy atom. The van der Waals surface area contributed by atoms with Crippen LogP contribution in [0.3, 0.4) is 0 Å². The van der Waals surface area contributed by atoms with Crippen molar-refractivity contribution in [3.05, 3.63) is 64.1 Å². The summed E-state index contributed by atoms with van der Waals surface area (Å²) in [6.45, 7) is 11.4. The highest BCUT2D eigenvalue weighted by Crippen LogP contribution is 2.46. The number of hydrogen-bond donors (Lipinski definition) is 0. The van der Waals surface area contributed by atoms with E-state index in [0.29, 0.717) is 30.5 Å². The van der Waals surface area contributed by atoms with Crippen LogP contribution in [0.5, 0.6) is 0 Å². The van der Waals surface area contributed by atoms with Crippen molar-refractivity contribution in [2.45, 2.75) is 43.8 Å². The molecule has 0 spiro atoms. The molecule has 3 aromatic rings. The highest BCUT2D eigenvalue weighted by atomic mass is 35.5. The Morgan fingerprint density at radius 2 is 1.92 bits per heavy atom. The molecule has 1 amide bonds. The molecule has 2 aliphatic rings. The molecule has 0 N–H and O–H groups in total. The Hall–Kier alpha value is -2.81. The van der Waals surface area contributed by atoms with Crippen molar-refractivity contribution >= 4 is 46.0 Å². The summed E-state index contributed by atoms with van der Waals surface area (Å²) in [5.74, 6) is 1.32. The van der Waals surface area contributed by atoms with E-state index in [1.807, 2.05) is 47.6 Å². The first-order valence-corrected chi connectivity index (χ1v) is 13.8. The van der Waals surface area contributed by atoms with Gasteiger partial charge in [0, 0.05) is 58.9 Å². The molecule has 2 aliphatic heterocycles. The van der Waals surface area contributed by atoms with Crippen LogP contribution in [0.2, 0.25) is 5.02 Å². The van der Waals surface area contributed by atoms with Gasteiger partial charge in [0.15, 0.2) is 0 Å². The number of nitrogens with zero attached hydrogens (tertiary/aromatic N) is 4. The van der Waals surface area contributed by atoms with Crippen molar-refractivity contribution in [1.82, 2.24) is 14.5 Å². The van der Waals surface area contributed by atoms with Crippen LogP contribution in [0.15, 0.2) is 52.7 Å². The maximum Gasteiger partial charge on any atom is 0.350 e. The number of ether oxygens (including phenoxy) is 1. The van der Waals surface area contributed by atoms with Crippen molar-refractivity contribution in [3.8, 4) is 11.1 Å². The van der Waals surface area contributed by atoms with Gasteiger partial charge < -0.3 is 14.5 Å². The van der Waals surface area contributed by atoms with Gasteiger partial charge in [-0.3, -0.25) is 9.36 Å². The Morgan fingerprint density at radius 1 is 1.24 bits per heavy atom. The second kappa shape index (κ2) is 10.2. The maximum absolute atomic E-state index is 13.6. The van der Waals surface area contributed by atoms with Crippen LogP contribution in [0.25, 0.3) is 22.0 Å². The topological polar surface area (TPSA) is 67.7 Å². The number of carbonyl (C=O) groups excluding carboxylic acids is 1. The molecule has 0 bridgehead atoms. The number of thioether (sulfide) groups is 1. The number of aromatic nitrogens is 2. The van der Waals surface area contributed by atoms with E-state index in [0.717, 1.165) is 38.2 Å². The van der Waals surface area contributed by atoms with E-state index in [4.69, 9.17) is 16.3 Å². The first-order chi connectivity index (χ1) is 17.7. The molecule has 7 nitrogen and oxygen atoms in total. The van der Waals surface area contributed by atoms with Crippen molar-refractivity contribution < 1.29 is 9.53 Å². The number of carbonyl (C=O) groups is 1. The first kappa shape index (κ1) is 25.8. The number of anilines is 1. The molecule has 1 fully saturated rings. The van der Waals surface area contributed by atoms with Crippen molar-refractivity contribution in [2.75, 3.05) is 37.5 Å². The normalized spacial score (nSPS) is 21.4. The zero-order valence-electron chi connectivity index (χ0n) is 21.5. The van der Waals surface area contributed by atoms with Gasteiger partial charge in [0.1, 0.15) is 5.82 Å². The van der Waals surface area contributed by atoms with E-state index in [9.17, 15) is 9.59 Å². The van der Waals surface area contributed by atoms with Gasteiger partial charge in [-0.25, -0.2) is 4.79 Å². The molecule has 3 atom stereocenters. The highest BCUT2D eigenvalue weighted by Gasteiger charge is 2.35. The Bertz CT molecular complexity index is 1430. The zero-order valence-corrected chi connectivity index (χ0v) is 23.1. The lowest BCUT2D eigenvalue weighted by Crippen LogP contribution is -2.58. The molecule has 3 heterocycles. The number of rotatable bonds is 5. The summed E-state index contributed by atoms with van der Waals surface area (Å²) in [5.41, 5.74) is 3.90. The van der Waals surface area contributed by atoms with Gasteiger partial charge in [-0.1, -0.05) is 30.3 Å². The second-order valence-corrected chi connectivity index (χ2v) is 11.3. The van der Waals surface area contributed by atoms with E-state index in [1.165, 1.54) is 6.08 Å². The van der Waals surface area contributed by atoms with E-state index < -0.39 is 0 Å². The summed E-state index contributed by atoms with van der Waals surface area (Å²) in [6.07, 6.45) is 1.37. The number of benzene rings is 2. The Labute approximate surface area is 226 Å². The van der Waals surface area contributed by atoms with Crippen LogP contribution < -0.4 is 10.6 Å². The van der Waals surface area contributed by atoms with Gasteiger partial charge in [0.2, 0.25) is 5.91 Å². The third-order valence-corrected chi connectivity index (χ3v) is 8.76. The molecule has 194 valence electrons. The molecule has 1 aromatic heterocycles. The van der Waals surface area contributed by atoms with Crippen molar-refractivity contribution in [3.63, 3.8) is 0 Å². The van der Waals surface area contributed by atoms with Gasteiger partial charge in [-0.05, 0) is 56.2 Å². The molecule has 0 aliphatic carbocycles. The molecular weight excluding hydrogens is 508 g/mol. The summed E-state index contributed by atoms with van der Waals surface area (Å²) >= 11 is 7.94. The van der Waals surface area contributed by atoms with Gasteiger partial charge in [0.05, 0.1) is 18.2 Å². The number of aryl methyl sites for hydroxylation is 1. The third-order valence-electron chi connectivity index (χ3n) is 7.27. The summed E-state index contributed by atoms with van der Waals surface area (Å²) < 4.78 is 7.30. The molecule has 5 rings (SSSR count). The average Bonchev–Trinajstić information content (AvgIpc) is 2.86. The summed E-state index contributed by atoms with van der Waals surface area (Å²) in [5, 5.41) is 1.63. The van der Waals surface area contributed by atoms with Crippen LogP contribution >= 0.6 is 23.4 Å². The minimum absolute atomic E-state index is 0.0500. The summed E-state index contributed by atoms with van der Waals surface area (Å²) in [4.78, 5) is 35.8. The van der Waals surface area contributed by atoms with Gasteiger partial charge in [0.25, 0.3) is 0 Å². The first-order valence-electron chi connectivity index (χ1n) is 12.4. The quantitative estimate of drug-likeness (QED) is 0.429. The molecule has 37 heavy (non-hydrogen) atoms. The predicted octanol–water partition coefficient (Wildman–Crippen LogP) is 4.93. The van der Waals surface area contributed by atoms with Crippen molar-refractivity contribution in [1.29, 1.82) is 0 Å². The molecule has 0 saturated carbocycles. The van der Waals surface area contributed by atoms with Crippen LogP contribution in [-0.4, -0.2) is 65.0 Å². The van der Waals surface area contributed by atoms with Crippen molar-refractivity contribution in [2.24, 2.45) is 0 Å². The fourth-order valence-electron chi connectivity index (χ4n) is 5.79. The fraction of sp³-hybridized carbons (Fsp3) is 0.393. The van der Waals surface area contributed by atoms with Gasteiger partial charge >= 0.3 is 5.69 Å². The van der Waals surface area contributed by atoms with Gasteiger partial charge in [-0.2, -0.15) is 4.98 Å². The number of piperazine rings is 1. The number of methoxy groups -OCH3 is 1. The predicted molar refractivity (Wildman–Crippen MR) is 151 cm³/mol. The average molecular weight is 539 g/mol. The summed E-state index contributed by atoms with van der Waals surface area (Å²) in [7, 11) is 1.66. The molecule has 0 unspecified atom stereocenters. The molecule has 9 heteroatoms. The van der Waals surface area contributed by atoms with E-state index in [2.05, 4.69) is 29.5 Å². The zero-order chi connectivity index (χ0) is 26.4. The standard InChI is InChI=1S/C28H31ClN4O3S/c1-6-23(34)32-17(3)12-31(13-18(32)4)27-22-11-16(2)24(19-7-9-20(29)10-8-19)26-25(22)33(28(35)30-27)21(14-36-5)15-37-26/h6-11,17-18,21H,1,12-15H2,2-5H3/t17-,18+,21-/m0/s1. The van der Waals surface area contributed by atoms with Crippen LogP contribution in [-0.2, 0) is 9.53 Å². The van der Waals surface area contributed by atoms with Crippen LogP contribution in [0.1, 0.15) is 25.5 Å². The Kier molecular flexibility index (Phi) is 7.09. The third kappa shape index (κ3) is 4.45. The lowest BCUT2D eigenvalue weighted by molar-refractivity contribution is -0.130. The van der Waals surface area contributed by atoms with Gasteiger partial charge in [-0.15, -0.1) is 11.8 Å². The van der Waals surface area contributed by atoms with E-state index in [-0.39, 0.29) is 29.7 Å². The lowest BCUT2D eigenvalue weighted by Gasteiger charge is -2.45. The SMILES string of the molecule is C=CC(=O)N1[C@H](C)CN(c2nc(=O)n3c4c(c(-c5ccc(Cl)cc5)c(C)cc24)SC[C@@H]3COC)C[C@@H]1C. The minimum Gasteiger partial charge on any atom is -0.383 e. The molecule has 2 aromatic carbocycles. The largest absolute Gasteiger partial charge is 0.383 e.